The second-order valence-corrected chi connectivity index (χ2v) is 6.76. The van der Waals surface area contributed by atoms with Crippen molar-refractivity contribution in [2.75, 3.05) is 0 Å². The SMILES string of the molecule is C=C/C=C(\C=C)Oc1ccc(CNC(=O)C(/C=C\C(Cl)=C(C)CC)=C(/C)N)cc1. The van der Waals surface area contributed by atoms with Gasteiger partial charge in [0.25, 0.3) is 5.91 Å². The second kappa shape index (κ2) is 12.5. The highest BCUT2D eigenvalue weighted by atomic mass is 35.5. The number of halogens is 1. The number of nitrogens with one attached hydrogen (secondary N) is 1. The number of ether oxygens (including phenoxy) is 1. The lowest BCUT2D eigenvalue weighted by Crippen LogP contribution is -2.25. The fraction of sp³-hybridized carbons (Fsp3) is 0.208. The predicted molar refractivity (Wildman–Crippen MR) is 122 cm³/mol. The van der Waals surface area contributed by atoms with Crippen LogP contribution in [0.2, 0.25) is 0 Å². The molecule has 0 saturated carbocycles. The lowest BCUT2D eigenvalue weighted by molar-refractivity contribution is -0.117. The van der Waals surface area contributed by atoms with Gasteiger partial charge in [0.2, 0.25) is 0 Å². The lowest BCUT2D eigenvalue weighted by atomic mass is 10.1. The van der Waals surface area contributed by atoms with Crippen molar-refractivity contribution in [1.29, 1.82) is 0 Å². The van der Waals surface area contributed by atoms with Crippen molar-refractivity contribution in [2.24, 2.45) is 5.73 Å². The molecule has 0 fully saturated rings. The molecule has 0 aliphatic heterocycles. The molecular weight excluding hydrogens is 384 g/mol. The molecule has 1 rings (SSSR count). The van der Waals surface area contributed by atoms with Gasteiger partial charge in [-0.15, -0.1) is 0 Å². The van der Waals surface area contributed by atoms with E-state index >= 15 is 0 Å². The third-order valence-electron chi connectivity index (χ3n) is 4.10. The van der Waals surface area contributed by atoms with E-state index in [1.54, 1.807) is 37.3 Å². The first-order chi connectivity index (χ1) is 13.8. The summed E-state index contributed by atoms with van der Waals surface area (Å²) in [6.45, 7) is 13.3. The summed E-state index contributed by atoms with van der Waals surface area (Å²) in [6, 6.07) is 7.40. The molecule has 0 atom stereocenters. The summed E-state index contributed by atoms with van der Waals surface area (Å²) < 4.78 is 5.67. The molecule has 29 heavy (non-hydrogen) atoms. The van der Waals surface area contributed by atoms with Gasteiger partial charge >= 0.3 is 0 Å². The van der Waals surface area contributed by atoms with E-state index in [2.05, 4.69) is 18.5 Å². The Morgan fingerprint density at radius 2 is 1.86 bits per heavy atom. The number of carbonyl (C=O) groups excluding carboxylic acids is 1. The highest BCUT2D eigenvalue weighted by Crippen LogP contribution is 2.17. The van der Waals surface area contributed by atoms with Crippen LogP contribution in [0.4, 0.5) is 0 Å². The first kappa shape index (κ1) is 24.1. The van der Waals surface area contributed by atoms with E-state index in [4.69, 9.17) is 22.1 Å². The van der Waals surface area contributed by atoms with E-state index in [-0.39, 0.29) is 5.91 Å². The molecular formula is C24H29ClN2O2. The first-order valence-electron chi connectivity index (χ1n) is 9.32. The quantitative estimate of drug-likeness (QED) is 0.296. The molecule has 4 nitrogen and oxygen atoms in total. The van der Waals surface area contributed by atoms with Crippen molar-refractivity contribution in [3.05, 3.63) is 101 Å². The van der Waals surface area contributed by atoms with Crippen LogP contribution < -0.4 is 15.8 Å². The van der Waals surface area contributed by atoms with E-state index in [0.29, 0.717) is 34.4 Å². The van der Waals surface area contributed by atoms with E-state index in [9.17, 15) is 4.79 Å². The standard InChI is InChI=1S/C24H29ClN2O2/c1-6-9-20(8-3)29-21-12-10-19(11-13-21)16-27-24(28)22(18(5)26)14-15-23(25)17(4)7-2/h6,8-15H,1,3,7,16,26H2,2,4-5H3,(H,27,28)/b15-14-,20-9+,22-18-,23-17?. The van der Waals surface area contributed by atoms with Crippen LogP contribution in [-0.2, 0) is 11.3 Å². The smallest absolute Gasteiger partial charge is 0.253 e. The summed E-state index contributed by atoms with van der Waals surface area (Å²) in [5.41, 5.74) is 8.66. The fourth-order valence-electron chi connectivity index (χ4n) is 2.20. The summed E-state index contributed by atoms with van der Waals surface area (Å²) in [6.07, 6.45) is 9.15. The summed E-state index contributed by atoms with van der Waals surface area (Å²) >= 11 is 6.21. The number of carbonyl (C=O) groups is 1. The van der Waals surface area contributed by atoms with E-state index in [1.165, 1.54) is 0 Å². The van der Waals surface area contributed by atoms with Crippen molar-refractivity contribution in [3.8, 4) is 5.75 Å². The molecule has 0 spiro atoms. The molecule has 0 heterocycles. The van der Waals surface area contributed by atoms with Crippen LogP contribution in [0.15, 0.2) is 95.4 Å². The molecule has 0 bridgehead atoms. The Morgan fingerprint density at radius 1 is 1.21 bits per heavy atom. The largest absolute Gasteiger partial charge is 0.457 e. The van der Waals surface area contributed by atoms with Gasteiger partial charge in [0.15, 0.2) is 0 Å². The van der Waals surface area contributed by atoms with Crippen molar-refractivity contribution >= 4 is 17.5 Å². The Balaban J connectivity index is 2.78. The van der Waals surface area contributed by atoms with Crippen molar-refractivity contribution in [3.63, 3.8) is 0 Å². The van der Waals surface area contributed by atoms with Gasteiger partial charge in [-0.2, -0.15) is 0 Å². The molecule has 1 aromatic carbocycles. The Labute approximate surface area is 178 Å². The minimum absolute atomic E-state index is 0.261. The molecule has 0 aliphatic rings. The fourth-order valence-corrected chi connectivity index (χ4v) is 2.40. The molecule has 154 valence electrons. The summed E-state index contributed by atoms with van der Waals surface area (Å²) in [7, 11) is 0. The molecule has 1 amide bonds. The maximum atomic E-state index is 12.5. The Kier molecular flexibility index (Phi) is 10.3. The maximum Gasteiger partial charge on any atom is 0.253 e. The number of hydrogen-bond acceptors (Lipinski definition) is 3. The van der Waals surface area contributed by atoms with Gasteiger partial charge in [0, 0.05) is 17.3 Å². The molecule has 0 unspecified atom stereocenters. The third-order valence-corrected chi connectivity index (χ3v) is 4.55. The highest BCUT2D eigenvalue weighted by molar-refractivity contribution is 6.31. The summed E-state index contributed by atoms with van der Waals surface area (Å²) in [5.74, 6) is 1.01. The predicted octanol–water partition coefficient (Wildman–Crippen LogP) is 5.65. The molecule has 1 aromatic rings. The van der Waals surface area contributed by atoms with Crippen LogP contribution in [0.5, 0.6) is 5.75 Å². The molecule has 0 saturated heterocycles. The zero-order valence-electron chi connectivity index (χ0n) is 17.3. The van der Waals surface area contributed by atoms with Gasteiger partial charge in [-0.05, 0) is 62.3 Å². The minimum atomic E-state index is -0.261. The molecule has 0 aromatic heterocycles. The summed E-state index contributed by atoms with van der Waals surface area (Å²) in [4.78, 5) is 12.5. The molecule has 3 N–H and O–H groups in total. The number of amides is 1. The topological polar surface area (TPSA) is 64.3 Å². The Bertz CT molecular complexity index is 855. The second-order valence-electron chi connectivity index (χ2n) is 6.35. The lowest BCUT2D eigenvalue weighted by Gasteiger charge is -2.09. The van der Waals surface area contributed by atoms with Crippen molar-refractivity contribution in [1.82, 2.24) is 5.32 Å². The summed E-state index contributed by atoms with van der Waals surface area (Å²) in [5, 5.41) is 3.48. The number of hydrogen-bond donors (Lipinski definition) is 2. The van der Waals surface area contributed by atoms with Crippen molar-refractivity contribution < 1.29 is 9.53 Å². The van der Waals surface area contributed by atoms with E-state index in [0.717, 1.165) is 17.6 Å². The highest BCUT2D eigenvalue weighted by Gasteiger charge is 2.09. The molecule has 5 heteroatoms. The third kappa shape index (κ3) is 8.28. The van der Waals surface area contributed by atoms with Crippen LogP contribution >= 0.6 is 11.6 Å². The van der Waals surface area contributed by atoms with Gasteiger partial charge < -0.3 is 15.8 Å². The normalized spacial score (nSPS) is 13.4. The minimum Gasteiger partial charge on any atom is -0.457 e. The number of nitrogens with two attached hydrogens (primary N) is 1. The van der Waals surface area contributed by atoms with Crippen LogP contribution in [0, 0.1) is 0 Å². The van der Waals surface area contributed by atoms with E-state index < -0.39 is 0 Å². The van der Waals surface area contributed by atoms with Gasteiger partial charge in [-0.25, -0.2) is 0 Å². The molecule has 0 aliphatic carbocycles. The zero-order valence-corrected chi connectivity index (χ0v) is 18.1. The Morgan fingerprint density at radius 3 is 2.38 bits per heavy atom. The van der Waals surface area contributed by atoms with Gasteiger partial charge in [-0.3, -0.25) is 4.79 Å². The van der Waals surface area contributed by atoms with Crippen LogP contribution in [0.25, 0.3) is 0 Å². The number of allylic oxidation sites excluding steroid dienone is 7. The van der Waals surface area contributed by atoms with Crippen LogP contribution in [0.1, 0.15) is 32.8 Å². The maximum absolute atomic E-state index is 12.5. The van der Waals surface area contributed by atoms with Crippen molar-refractivity contribution in [2.45, 2.75) is 33.7 Å². The average Bonchev–Trinajstić information content (AvgIpc) is 2.71. The average molecular weight is 413 g/mol. The van der Waals surface area contributed by atoms with Gasteiger partial charge in [0.1, 0.15) is 11.5 Å². The zero-order chi connectivity index (χ0) is 21.8. The van der Waals surface area contributed by atoms with Gasteiger partial charge in [0.05, 0.1) is 5.57 Å². The monoisotopic (exact) mass is 412 g/mol. The van der Waals surface area contributed by atoms with Crippen LogP contribution in [-0.4, -0.2) is 5.91 Å². The number of benzene rings is 1. The molecule has 0 radical (unpaired) electrons. The van der Waals surface area contributed by atoms with Gasteiger partial charge in [-0.1, -0.05) is 55.5 Å². The van der Waals surface area contributed by atoms with E-state index in [1.807, 2.05) is 38.1 Å². The van der Waals surface area contributed by atoms with Crippen LogP contribution in [0.3, 0.4) is 0 Å². The Hall–Kier alpha value is -2.98. The first-order valence-corrected chi connectivity index (χ1v) is 9.69. The number of rotatable bonds is 10.